The van der Waals surface area contributed by atoms with Crippen LogP contribution in [0.3, 0.4) is 0 Å². The van der Waals surface area contributed by atoms with Crippen molar-refractivity contribution >= 4 is 46.5 Å². The molecule has 1 amide bonds. The normalized spacial score (nSPS) is 15.9. The monoisotopic (exact) mass is 413 g/mol. The third-order valence-corrected chi connectivity index (χ3v) is 6.07. The molecule has 0 saturated carbocycles. The summed E-state index contributed by atoms with van der Waals surface area (Å²) in [6.45, 7) is 2.11. The number of carbonyl (C=O) groups is 1. The lowest BCUT2D eigenvalue weighted by atomic mass is 9.79. The highest BCUT2D eigenvalue weighted by Gasteiger charge is 2.40. The molecule has 1 aliphatic heterocycles. The molecule has 5 nitrogen and oxygen atoms in total. The maximum absolute atomic E-state index is 12.9. The highest BCUT2D eigenvalue weighted by Crippen LogP contribution is 2.32. The van der Waals surface area contributed by atoms with E-state index in [1.165, 1.54) is 16.2 Å². The Labute approximate surface area is 168 Å². The van der Waals surface area contributed by atoms with E-state index in [2.05, 4.69) is 46.1 Å². The van der Waals surface area contributed by atoms with Gasteiger partial charge < -0.3 is 15.4 Å². The van der Waals surface area contributed by atoms with Crippen LogP contribution in [0, 0.1) is 5.41 Å². The second-order valence-corrected chi connectivity index (χ2v) is 7.92. The van der Waals surface area contributed by atoms with Gasteiger partial charge in [0.2, 0.25) is 5.91 Å². The fourth-order valence-electron chi connectivity index (χ4n) is 3.07. The first kappa shape index (κ1) is 21.2. The van der Waals surface area contributed by atoms with Crippen molar-refractivity contribution in [2.45, 2.75) is 17.7 Å². The minimum absolute atomic E-state index is 0. The molecule has 8 heteroatoms. The van der Waals surface area contributed by atoms with Crippen molar-refractivity contribution < 1.29 is 9.53 Å². The summed E-state index contributed by atoms with van der Waals surface area (Å²) in [5.74, 6) is 0.00878. The lowest BCUT2D eigenvalue weighted by Crippen LogP contribution is -2.47. The van der Waals surface area contributed by atoms with Gasteiger partial charge in [-0.1, -0.05) is 12.1 Å². The third kappa shape index (κ3) is 4.78. The van der Waals surface area contributed by atoms with Crippen molar-refractivity contribution in [2.24, 2.45) is 5.41 Å². The summed E-state index contributed by atoms with van der Waals surface area (Å²) >= 11 is 3.17. The number of anilines is 1. The molecule has 1 fully saturated rings. The SMILES string of the molecule is COCC1(C(=O)Nc2nc(-c3ccc(SC)cc3)cs2)CCNCC1.Cl. The number of hydrogen-bond donors (Lipinski definition) is 2. The average molecular weight is 414 g/mol. The van der Waals surface area contributed by atoms with Crippen LogP contribution in [0.15, 0.2) is 34.5 Å². The molecular formula is C18H24ClN3O2S2. The summed E-state index contributed by atoms with van der Waals surface area (Å²) in [5, 5.41) is 8.93. The average Bonchev–Trinajstić information content (AvgIpc) is 3.11. The lowest BCUT2D eigenvalue weighted by Gasteiger charge is -2.35. The number of benzene rings is 1. The highest BCUT2D eigenvalue weighted by molar-refractivity contribution is 7.98. The van der Waals surface area contributed by atoms with Gasteiger partial charge in [-0.2, -0.15) is 0 Å². The molecule has 0 unspecified atom stereocenters. The van der Waals surface area contributed by atoms with E-state index in [4.69, 9.17) is 4.74 Å². The van der Waals surface area contributed by atoms with E-state index in [9.17, 15) is 4.79 Å². The third-order valence-electron chi connectivity index (χ3n) is 4.57. The first-order valence-corrected chi connectivity index (χ1v) is 10.4. The van der Waals surface area contributed by atoms with Gasteiger partial charge in [-0.15, -0.1) is 35.5 Å². The molecule has 26 heavy (non-hydrogen) atoms. The first-order valence-electron chi connectivity index (χ1n) is 8.28. The molecule has 1 aromatic heterocycles. The van der Waals surface area contributed by atoms with Crippen molar-refractivity contribution in [3.8, 4) is 11.3 Å². The number of halogens is 1. The summed E-state index contributed by atoms with van der Waals surface area (Å²) in [6.07, 6.45) is 3.62. The standard InChI is InChI=1S/C18H23N3O2S2.ClH/c1-23-12-18(7-9-19-10-8-18)16(22)21-17-20-15(11-25-17)13-3-5-14(24-2)6-4-13;/h3-6,11,19H,7-10,12H2,1-2H3,(H,20,21,22);1H. The molecule has 1 aromatic carbocycles. The smallest absolute Gasteiger partial charge is 0.234 e. The van der Waals surface area contributed by atoms with Crippen molar-refractivity contribution in [2.75, 3.05) is 38.4 Å². The number of methoxy groups -OCH3 is 1. The Balaban J connectivity index is 0.00000243. The number of aromatic nitrogens is 1. The van der Waals surface area contributed by atoms with Gasteiger partial charge >= 0.3 is 0 Å². The number of nitrogens with one attached hydrogen (secondary N) is 2. The zero-order valence-electron chi connectivity index (χ0n) is 14.9. The van der Waals surface area contributed by atoms with Gasteiger partial charge in [0.25, 0.3) is 0 Å². The number of carbonyl (C=O) groups excluding carboxylic acids is 1. The number of nitrogens with zero attached hydrogens (tertiary/aromatic N) is 1. The minimum Gasteiger partial charge on any atom is -0.384 e. The van der Waals surface area contributed by atoms with Crippen LogP contribution in [0.4, 0.5) is 5.13 Å². The molecule has 2 aromatic rings. The van der Waals surface area contributed by atoms with Crippen LogP contribution < -0.4 is 10.6 Å². The van der Waals surface area contributed by atoms with Crippen molar-refractivity contribution in [1.82, 2.24) is 10.3 Å². The van der Waals surface area contributed by atoms with Gasteiger partial charge in [-0.25, -0.2) is 4.98 Å². The minimum atomic E-state index is -0.466. The van der Waals surface area contributed by atoms with E-state index in [0.29, 0.717) is 11.7 Å². The van der Waals surface area contributed by atoms with E-state index in [-0.39, 0.29) is 18.3 Å². The summed E-state index contributed by atoms with van der Waals surface area (Å²) in [6, 6.07) is 8.29. The van der Waals surface area contributed by atoms with E-state index in [1.54, 1.807) is 18.9 Å². The van der Waals surface area contributed by atoms with Gasteiger partial charge in [0.15, 0.2) is 5.13 Å². The summed E-state index contributed by atoms with van der Waals surface area (Å²) in [7, 11) is 1.65. The molecule has 1 aliphatic rings. The Kier molecular flexibility index (Phi) is 7.91. The summed E-state index contributed by atoms with van der Waals surface area (Å²) < 4.78 is 5.33. The molecular weight excluding hydrogens is 390 g/mol. The molecule has 0 bridgehead atoms. The molecule has 142 valence electrons. The second kappa shape index (κ2) is 9.71. The summed E-state index contributed by atoms with van der Waals surface area (Å²) in [5.41, 5.74) is 1.48. The number of thiazole rings is 1. The van der Waals surface area contributed by atoms with Crippen molar-refractivity contribution in [3.63, 3.8) is 0 Å². The van der Waals surface area contributed by atoms with Crippen LogP contribution in [0.5, 0.6) is 0 Å². The van der Waals surface area contributed by atoms with Crippen LogP contribution in [-0.2, 0) is 9.53 Å². The van der Waals surface area contributed by atoms with E-state index in [0.717, 1.165) is 37.2 Å². The van der Waals surface area contributed by atoms with Gasteiger partial charge in [0.05, 0.1) is 17.7 Å². The molecule has 0 spiro atoms. The number of ether oxygens (including phenoxy) is 1. The first-order chi connectivity index (χ1) is 12.2. The number of hydrogen-bond acceptors (Lipinski definition) is 6. The van der Waals surface area contributed by atoms with Gasteiger partial charge in [-0.05, 0) is 44.3 Å². The predicted octanol–water partition coefficient (Wildman–Crippen LogP) is 3.91. The van der Waals surface area contributed by atoms with Crippen molar-refractivity contribution in [1.29, 1.82) is 0 Å². The van der Waals surface area contributed by atoms with Crippen molar-refractivity contribution in [3.05, 3.63) is 29.6 Å². The maximum atomic E-state index is 12.9. The van der Waals surface area contributed by atoms with Crippen LogP contribution >= 0.6 is 35.5 Å². The largest absolute Gasteiger partial charge is 0.384 e. The number of thioether (sulfide) groups is 1. The number of amides is 1. The van der Waals surface area contributed by atoms with Crippen LogP contribution in [-0.4, -0.2) is 44.0 Å². The van der Waals surface area contributed by atoms with Crippen LogP contribution in [0.2, 0.25) is 0 Å². The lowest BCUT2D eigenvalue weighted by molar-refractivity contribution is -0.130. The quantitative estimate of drug-likeness (QED) is 0.703. The summed E-state index contributed by atoms with van der Waals surface area (Å²) in [4.78, 5) is 18.7. The second-order valence-electron chi connectivity index (χ2n) is 6.18. The Bertz CT molecular complexity index is 710. The zero-order chi connectivity index (χ0) is 17.7. The maximum Gasteiger partial charge on any atom is 0.234 e. The molecule has 0 radical (unpaired) electrons. The predicted molar refractivity (Wildman–Crippen MR) is 112 cm³/mol. The Morgan fingerprint density at radius 1 is 1.35 bits per heavy atom. The highest BCUT2D eigenvalue weighted by atomic mass is 35.5. The molecule has 2 N–H and O–H groups in total. The molecule has 3 rings (SSSR count). The van der Waals surface area contributed by atoms with Gasteiger partial charge in [-0.3, -0.25) is 4.79 Å². The van der Waals surface area contributed by atoms with Gasteiger partial charge in [0.1, 0.15) is 0 Å². The van der Waals surface area contributed by atoms with Gasteiger partial charge in [0, 0.05) is 22.9 Å². The molecule has 0 aliphatic carbocycles. The van der Waals surface area contributed by atoms with Crippen LogP contribution in [0.1, 0.15) is 12.8 Å². The fraction of sp³-hybridized carbons (Fsp3) is 0.444. The molecule has 2 heterocycles. The Morgan fingerprint density at radius 3 is 2.65 bits per heavy atom. The Hall–Kier alpha value is -1.12. The Morgan fingerprint density at radius 2 is 2.04 bits per heavy atom. The zero-order valence-corrected chi connectivity index (χ0v) is 17.4. The van der Waals surface area contributed by atoms with Crippen LogP contribution in [0.25, 0.3) is 11.3 Å². The van der Waals surface area contributed by atoms with E-state index >= 15 is 0 Å². The fourth-order valence-corrected chi connectivity index (χ4v) is 4.20. The molecule has 1 saturated heterocycles. The van der Waals surface area contributed by atoms with E-state index < -0.39 is 5.41 Å². The van der Waals surface area contributed by atoms with E-state index in [1.807, 2.05) is 5.38 Å². The number of piperidine rings is 1. The number of rotatable bonds is 6. The molecule has 0 atom stereocenters. The topological polar surface area (TPSA) is 63.2 Å².